The smallest absolute Gasteiger partial charge is 0.402 e. The molecule has 0 unspecified atom stereocenters. The van der Waals surface area contributed by atoms with Gasteiger partial charge in [-0.05, 0) is 71.2 Å². The molecule has 0 saturated carbocycles. The molecule has 14 heteroatoms. The third-order valence-corrected chi connectivity index (χ3v) is 8.63. The van der Waals surface area contributed by atoms with Gasteiger partial charge < -0.3 is 25.0 Å². The average Bonchev–Trinajstić information content (AvgIpc) is 3.46. The van der Waals surface area contributed by atoms with Gasteiger partial charge in [0.15, 0.2) is 11.4 Å². The number of phosphoric ester groups is 1. The molecule has 1 amide bonds. The zero-order chi connectivity index (χ0) is 32.1. The Labute approximate surface area is 262 Å². The van der Waals surface area contributed by atoms with E-state index in [1.54, 1.807) is 52.1 Å². The Morgan fingerprint density at radius 1 is 1.02 bits per heavy atom. The maximum absolute atomic E-state index is 13.7. The molecule has 2 aromatic heterocycles. The molecule has 1 fully saturated rings. The number of benzene rings is 2. The van der Waals surface area contributed by atoms with Crippen molar-refractivity contribution < 1.29 is 22.9 Å². The van der Waals surface area contributed by atoms with Crippen LogP contribution in [0.3, 0.4) is 0 Å². The number of nitrogens with zero attached hydrogens (tertiary/aromatic N) is 5. The van der Waals surface area contributed by atoms with E-state index in [-0.39, 0.29) is 18.1 Å². The van der Waals surface area contributed by atoms with Crippen molar-refractivity contribution in [3.05, 3.63) is 61.3 Å². The lowest BCUT2D eigenvalue weighted by Crippen LogP contribution is -2.44. The summed E-state index contributed by atoms with van der Waals surface area (Å²) in [7, 11) is -1.85. The van der Waals surface area contributed by atoms with Gasteiger partial charge in [-0.25, -0.2) is 9.55 Å². The number of carbonyl (C=O) groups excluding carboxylic acids is 1. The predicted octanol–water partition coefficient (Wildman–Crippen LogP) is 5.98. The van der Waals surface area contributed by atoms with Crippen molar-refractivity contribution in [2.24, 2.45) is 0 Å². The molecule has 0 bridgehead atoms. The van der Waals surface area contributed by atoms with Crippen molar-refractivity contribution in [1.29, 1.82) is 0 Å². The molecule has 45 heavy (non-hydrogen) atoms. The van der Waals surface area contributed by atoms with Crippen molar-refractivity contribution in [2.45, 2.75) is 39.9 Å². The number of likely N-dealkylation sites (N-methyl/N-ethyl adjacent to an activating group) is 1. The Morgan fingerprint density at radius 3 is 2.44 bits per heavy atom. The molecule has 2 aromatic carbocycles. The third kappa shape index (κ3) is 8.06. The lowest BCUT2D eigenvalue weighted by molar-refractivity contribution is -0.111. The van der Waals surface area contributed by atoms with E-state index in [0.717, 1.165) is 42.8 Å². The molecular weight excluding hydrogens is 595 g/mol. The Bertz CT molecular complexity index is 1700. The fourth-order valence-corrected chi connectivity index (χ4v) is 6.41. The van der Waals surface area contributed by atoms with Crippen molar-refractivity contribution in [3.63, 3.8) is 0 Å². The molecular formula is C31H39N8O5P. The van der Waals surface area contributed by atoms with Gasteiger partial charge in [0.25, 0.3) is 0 Å². The van der Waals surface area contributed by atoms with E-state index in [2.05, 4.69) is 49.2 Å². The van der Waals surface area contributed by atoms with Gasteiger partial charge in [0.05, 0.1) is 35.2 Å². The summed E-state index contributed by atoms with van der Waals surface area (Å²) in [5.74, 6) is 0.410. The van der Waals surface area contributed by atoms with E-state index in [4.69, 9.17) is 18.6 Å². The molecule has 238 valence electrons. The maximum atomic E-state index is 13.7. The van der Waals surface area contributed by atoms with Crippen LogP contribution in [0.1, 0.15) is 27.7 Å². The first-order chi connectivity index (χ1) is 21.5. The normalized spacial score (nSPS) is 14.2. The highest BCUT2D eigenvalue weighted by Gasteiger charge is 2.33. The number of piperazine rings is 1. The minimum Gasteiger partial charge on any atom is -0.402 e. The number of phosphoric acid groups is 1. The van der Waals surface area contributed by atoms with Crippen LogP contribution in [0.5, 0.6) is 5.75 Å². The molecule has 0 atom stereocenters. The molecule has 1 aliphatic heterocycles. The summed E-state index contributed by atoms with van der Waals surface area (Å²) in [4.78, 5) is 25.8. The molecule has 0 spiro atoms. The molecule has 3 N–H and O–H groups in total. The van der Waals surface area contributed by atoms with Crippen molar-refractivity contribution in [3.8, 4) is 17.0 Å². The van der Waals surface area contributed by atoms with E-state index in [1.165, 1.54) is 6.08 Å². The standard InChI is InChI=1S/C31H39N8O5P/c1-7-28(40)33-23-10-8-9-22(17-23)29-25-19-32-37-30(25)36-31(35-29)34-24-11-12-27(26(18-24)39-15-13-38(6)14-16-39)44-45(41,42-20(2)3)43-21(4)5/h7-12,17-21H,1,13-16H2,2-6H3,(H,33,40)(H2,32,34,35,36,37). The summed E-state index contributed by atoms with van der Waals surface area (Å²) in [6.45, 7) is 13.9. The molecule has 1 aliphatic rings. The quantitative estimate of drug-likeness (QED) is 0.125. The van der Waals surface area contributed by atoms with Crippen LogP contribution in [0.2, 0.25) is 0 Å². The topological polar surface area (TPSA) is 147 Å². The zero-order valence-electron chi connectivity index (χ0n) is 26.1. The second-order valence-electron chi connectivity index (χ2n) is 11.2. The van der Waals surface area contributed by atoms with E-state index >= 15 is 0 Å². The summed E-state index contributed by atoms with van der Waals surface area (Å²) < 4.78 is 31.1. The van der Waals surface area contributed by atoms with Gasteiger partial charge in [-0.3, -0.25) is 18.9 Å². The summed E-state index contributed by atoms with van der Waals surface area (Å²) in [5, 5.41) is 13.9. The van der Waals surface area contributed by atoms with Gasteiger partial charge in [-0.1, -0.05) is 18.7 Å². The summed E-state index contributed by atoms with van der Waals surface area (Å²) in [6, 6.07) is 12.8. The predicted molar refractivity (Wildman–Crippen MR) is 176 cm³/mol. The number of carbonyl (C=O) groups is 1. The van der Waals surface area contributed by atoms with E-state index in [9.17, 15) is 9.36 Å². The number of hydrogen-bond donors (Lipinski definition) is 3. The highest BCUT2D eigenvalue weighted by atomic mass is 31.2. The Morgan fingerprint density at radius 2 is 1.76 bits per heavy atom. The maximum Gasteiger partial charge on any atom is 0.530 e. The second kappa shape index (κ2) is 13.8. The lowest BCUT2D eigenvalue weighted by atomic mass is 10.1. The van der Waals surface area contributed by atoms with Crippen molar-refractivity contribution >= 4 is 47.8 Å². The van der Waals surface area contributed by atoms with Crippen LogP contribution in [0.25, 0.3) is 22.3 Å². The largest absolute Gasteiger partial charge is 0.530 e. The number of hydrogen-bond acceptors (Lipinski definition) is 11. The first-order valence-corrected chi connectivity index (χ1v) is 16.2. The van der Waals surface area contributed by atoms with Gasteiger partial charge in [0.2, 0.25) is 11.9 Å². The highest BCUT2D eigenvalue weighted by Crippen LogP contribution is 2.53. The van der Waals surface area contributed by atoms with Crippen LogP contribution < -0.4 is 20.1 Å². The van der Waals surface area contributed by atoms with Crippen LogP contribution in [-0.4, -0.2) is 76.4 Å². The molecule has 0 aliphatic carbocycles. The van der Waals surface area contributed by atoms with E-state index in [1.807, 2.05) is 24.3 Å². The molecule has 0 radical (unpaired) electrons. The molecule has 13 nitrogen and oxygen atoms in total. The number of anilines is 4. The molecule has 5 rings (SSSR count). The van der Waals surface area contributed by atoms with Gasteiger partial charge in [0, 0.05) is 43.1 Å². The van der Waals surface area contributed by atoms with Crippen molar-refractivity contribution in [1.82, 2.24) is 25.1 Å². The van der Waals surface area contributed by atoms with Gasteiger partial charge in [-0.15, -0.1) is 0 Å². The summed E-state index contributed by atoms with van der Waals surface area (Å²) in [5.41, 5.74) is 3.97. The minimum atomic E-state index is -3.93. The Kier molecular flexibility index (Phi) is 9.83. The minimum absolute atomic E-state index is 0.308. The van der Waals surface area contributed by atoms with Crippen LogP contribution in [0.4, 0.5) is 23.0 Å². The van der Waals surface area contributed by atoms with Gasteiger partial charge in [-0.2, -0.15) is 10.1 Å². The molecule has 1 saturated heterocycles. The Hall–Kier alpha value is -4.29. The van der Waals surface area contributed by atoms with Gasteiger partial charge >= 0.3 is 7.82 Å². The van der Waals surface area contributed by atoms with Gasteiger partial charge in [0.1, 0.15) is 0 Å². The fourth-order valence-electron chi connectivity index (χ4n) is 4.85. The van der Waals surface area contributed by atoms with E-state index < -0.39 is 7.82 Å². The average molecular weight is 635 g/mol. The van der Waals surface area contributed by atoms with Crippen LogP contribution in [0.15, 0.2) is 61.3 Å². The number of amides is 1. The van der Waals surface area contributed by atoms with Crippen LogP contribution >= 0.6 is 7.82 Å². The summed E-state index contributed by atoms with van der Waals surface area (Å²) in [6.07, 6.45) is 2.14. The third-order valence-electron chi connectivity index (χ3n) is 6.85. The first kappa shape index (κ1) is 32.1. The monoisotopic (exact) mass is 634 g/mol. The number of rotatable bonds is 12. The fraction of sp³-hybridized carbons (Fsp3) is 0.355. The van der Waals surface area contributed by atoms with Crippen LogP contribution in [0, 0.1) is 0 Å². The molecule has 4 aromatic rings. The number of aromatic nitrogens is 4. The van der Waals surface area contributed by atoms with E-state index in [0.29, 0.717) is 34.4 Å². The number of aromatic amines is 1. The van der Waals surface area contributed by atoms with Crippen LogP contribution in [-0.2, 0) is 18.4 Å². The lowest BCUT2D eigenvalue weighted by Gasteiger charge is -2.35. The summed E-state index contributed by atoms with van der Waals surface area (Å²) >= 11 is 0. The SMILES string of the molecule is C=CC(=O)Nc1cccc(-c2nc(Nc3ccc(OP(=O)(OC(C)C)OC(C)C)c(N4CCN(C)CC4)c3)nc3[nH]ncc23)c1. The number of H-pyrrole nitrogens is 1. The number of nitrogens with one attached hydrogen (secondary N) is 3. The first-order valence-electron chi connectivity index (χ1n) is 14.8. The zero-order valence-corrected chi connectivity index (χ0v) is 27.0. The number of fused-ring (bicyclic) bond motifs is 1. The molecule has 3 heterocycles. The highest BCUT2D eigenvalue weighted by molar-refractivity contribution is 7.49. The Balaban J connectivity index is 1.50. The van der Waals surface area contributed by atoms with Crippen molar-refractivity contribution in [2.75, 3.05) is 48.8 Å². The second-order valence-corrected chi connectivity index (χ2v) is 12.7.